The van der Waals surface area contributed by atoms with E-state index in [1.165, 1.54) is 6.07 Å². The molecular weight excluding hydrogens is 230 g/mol. The van der Waals surface area contributed by atoms with Crippen molar-refractivity contribution in [1.82, 2.24) is 9.97 Å². The fourth-order valence-corrected chi connectivity index (χ4v) is 1.59. The Bertz CT molecular complexity index is 426. The van der Waals surface area contributed by atoms with Crippen LogP contribution in [-0.4, -0.2) is 29.7 Å². The van der Waals surface area contributed by atoms with Crippen LogP contribution in [0.2, 0.25) is 0 Å². The topological polar surface area (TPSA) is 67.0 Å². The molecule has 1 rings (SSSR count). The molecule has 0 aliphatic carbocycles. The first-order valence-corrected chi connectivity index (χ1v) is 6.30. The summed E-state index contributed by atoms with van der Waals surface area (Å²) in [6.07, 6.45) is 0. The average Bonchev–Trinajstić information content (AvgIpc) is 2.27. The summed E-state index contributed by atoms with van der Waals surface area (Å²) in [5.41, 5.74) is -0.129. The molecule has 0 fully saturated rings. The summed E-state index contributed by atoms with van der Waals surface area (Å²) in [5, 5.41) is 3.26. The van der Waals surface area contributed by atoms with Crippen molar-refractivity contribution in [3.05, 3.63) is 22.2 Å². The quantitative estimate of drug-likeness (QED) is 0.813. The van der Waals surface area contributed by atoms with E-state index in [-0.39, 0.29) is 17.5 Å². The maximum atomic E-state index is 11.6. The second kappa shape index (κ2) is 6.54. The largest absolute Gasteiger partial charge is 0.383 e. The smallest absolute Gasteiger partial charge is 0.252 e. The van der Waals surface area contributed by atoms with Crippen LogP contribution in [-0.2, 0) is 4.74 Å². The normalized spacial score (nSPS) is 13.1. The molecule has 1 atom stereocenters. The molecule has 1 heterocycles. The Kier molecular flexibility index (Phi) is 5.34. The molecule has 0 aromatic carbocycles. The number of rotatable bonds is 6. The number of aromatic amines is 1. The minimum Gasteiger partial charge on any atom is -0.383 e. The number of anilines is 1. The molecule has 5 heteroatoms. The fraction of sp³-hybridized carbons (Fsp3) is 0.692. The van der Waals surface area contributed by atoms with Crippen LogP contribution in [0.25, 0.3) is 0 Å². The highest BCUT2D eigenvalue weighted by Crippen LogP contribution is 2.12. The second-order valence-electron chi connectivity index (χ2n) is 5.12. The van der Waals surface area contributed by atoms with Crippen molar-refractivity contribution in [2.45, 2.75) is 39.7 Å². The standard InChI is InChI=1S/C13H23N3O2/c1-8(2)10(7-18-5)14-11-6-12(17)16-13(15-11)9(3)4/h6,8-10H,7H2,1-5H3,(H2,14,15,16,17). The first-order valence-electron chi connectivity index (χ1n) is 6.30. The molecule has 0 saturated heterocycles. The number of ether oxygens (including phenoxy) is 1. The third kappa shape index (κ3) is 4.14. The van der Waals surface area contributed by atoms with Gasteiger partial charge in [-0.3, -0.25) is 4.79 Å². The molecule has 102 valence electrons. The molecular formula is C13H23N3O2. The van der Waals surface area contributed by atoms with Crippen molar-refractivity contribution in [1.29, 1.82) is 0 Å². The third-order valence-corrected chi connectivity index (χ3v) is 2.79. The number of aromatic nitrogens is 2. The second-order valence-corrected chi connectivity index (χ2v) is 5.12. The Morgan fingerprint density at radius 1 is 1.39 bits per heavy atom. The summed E-state index contributed by atoms with van der Waals surface area (Å²) >= 11 is 0. The SMILES string of the molecule is COCC(Nc1cc(=O)[nH]c(C(C)C)n1)C(C)C. The van der Waals surface area contributed by atoms with Gasteiger partial charge in [-0.15, -0.1) is 0 Å². The number of nitrogens with zero attached hydrogens (tertiary/aromatic N) is 1. The van der Waals surface area contributed by atoms with E-state index in [0.717, 1.165) is 0 Å². The van der Waals surface area contributed by atoms with Crippen molar-refractivity contribution in [3.8, 4) is 0 Å². The summed E-state index contributed by atoms with van der Waals surface area (Å²) in [7, 11) is 1.67. The van der Waals surface area contributed by atoms with Gasteiger partial charge in [0.05, 0.1) is 12.6 Å². The fourth-order valence-electron chi connectivity index (χ4n) is 1.59. The lowest BCUT2D eigenvalue weighted by Crippen LogP contribution is -2.31. The summed E-state index contributed by atoms with van der Waals surface area (Å²) in [6.45, 7) is 8.79. The first kappa shape index (κ1) is 14.7. The zero-order valence-electron chi connectivity index (χ0n) is 11.8. The molecule has 0 aliphatic heterocycles. The van der Waals surface area contributed by atoms with Gasteiger partial charge in [-0.25, -0.2) is 4.98 Å². The van der Waals surface area contributed by atoms with Crippen LogP contribution in [0.5, 0.6) is 0 Å². The van der Waals surface area contributed by atoms with E-state index < -0.39 is 0 Å². The van der Waals surface area contributed by atoms with Crippen LogP contribution in [0.15, 0.2) is 10.9 Å². The molecule has 2 N–H and O–H groups in total. The van der Waals surface area contributed by atoms with E-state index in [1.54, 1.807) is 7.11 Å². The lowest BCUT2D eigenvalue weighted by Gasteiger charge is -2.22. The molecule has 1 unspecified atom stereocenters. The highest BCUT2D eigenvalue weighted by Gasteiger charge is 2.14. The van der Waals surface area contributed by atoms with Crippen molar-refractivity contribution in [2.24, 2.45) is 5.92 Å². The van der Waals surface area contributed by atoms with E-state index >= 15 is 0 Å². The highest BCUT2D eigenvalue weighted by molar-refractivity contribution is 5.34. The van der Waals surface area contributed by atoms with Gasteiger partial charge in [-0.1, -0.05) is 27.7 Å². The zero-order chi connectivity index (χ0) is 13.7. The van der Waals surface area contributed by atoms with E-state index in [9.17, 15) is 4.79 Å². The van der Waals surface area contributed by atoms with Gasteiger partial charge in [0.1, 0.15) is 11.6 Å². The summed E-state index contributed by atoms with van der Waals surface area (Å²) in [6, 6.07) is 1.63. The third-order valence-electron chi connectivity index (χ3n) is 2.79. The molecule has 0 amide bonds. The Morgan fingerprint density at radius 3 is 2.56 bits per heavy atom. The zero-order valence-corrected chi connectivity index (χ0v) is 11.8. The van der Waals surface area contributed by atoms with Gasteiger partial charge in [0, 0.05) is 19.1 Å². The first-order chi connectivity index (χ1) is 8.43. The lowest BCUT2D eigenvalue weighted by molar-refractivity contribution is 0.171. The molecule has 0 bridgehead atoms. The van der Waals surface area contributed by atoms with Crippen LogP contribution in [0.4, 0.5) is 5.82 Å². The Morgan fingerprint density at radius 2 is 2.06 bits per heavy atom. The predicted octanol–water partition coefficient (Wildman–Crippen LogP) is 1.98. The molecule has 1 aromatic heterocycles. The van der Waals surface area contributed by atoms with E-state index in [0.29, 0.717) is 24.2 Å². The molecule has 0 spiro atoms. The van der Waals surface area contributed by atoms with Gasteiger partial charge in [0.15, 0.2) is 0 Å². The molecule has 0 radical (unpaired) electrons. The number of methoxy groups -OCH3 is 1. The molecule has 0 saturated carbocycles. The predicted molar refractivity (Wildman–Crippen MR) is 73.1 cm³/mol. The lowest BCUT2D eigenvalue weighted by atomic mass is 10.1. The van der Waals surface area contributed by atoms with Crippen LogP contribution in [0, 0.1) is 5.92 Å². The van der Waals surface area contributed by atoms with Gasteiger partial charge in [0.2, 0.25) is 0 Å². The van der Waals surface area contributed by atoms with Crippen molar-refractivity contribution < 1.29 is 4.74 Å². The number of hydrogen-bond acceptors (Lipinski definition) is 4. The summed E-state index contributed by atoms with van der Waals surface area (Å²) in [5.74, 6) is 1.90. The van der Waals surface area contributed by atoms with Crippen LogP contribution in [0.1, 0.15) is 39.4 Å². The van der Waals surface area contributed by atoms with Gasteiger partial charge in [-0.2, -0.15) is 0 Å². The minimum atomic E-state index is -0.129. The molecule has 18 heavy (non-hydrogen) atoms. The van der Waals surface area contributed by atoms with Gasteiger partial charge in [0.25, 0.3) is 5.56 Å². The molecule has 1 aromatic rings. The average molecular weight is 253 g/mol. The van der Waals surface area contributed by atoms with Gasteiger partial charge >= 0.3 is 0 Å². The van der Waals surface area contributed by atoms with Crippen molar-refractivity contribution in [3.63, 3.8) is 0 Å². The van der Waals surface area contributed by atoms with E-state index in [4.69, 9.17) is 4.74 Å². The highest BCUT2D eigenvalue weighted by atomic mass is 16.5. The van der Waals surface area contributed by atoms with Crippen LogP contribution in [0.3, 0.4) is 0 Å². The maximum absolute atomic E-state index is 11.6. The van der Waals surface area contributed by atoms with Crippen molar-refractivity contribution >= 4 is 5.82 Å². The van der Waals surface area contributed by atoms with Gasteiger partial charge in [-0.05, 0) is 5.92 Å². The van der Waals surface area contributed by atoms with Gasteiger partial charge < -0.3 is 15.0 Å². The molecule has 5 nitrogen and oxygen atoms in total. The Balaban J connectivity index is 2.92. The Hall–Kier alpha value is -1.36. The van der Waals surface area contributed by atoms with Crippen molar-refractivity contribution in [2.75, 3.05) is 19.0 Å². The van der Waals surface area contributed by atoms with E-state index in [2.05, 4.69) is 29.1 Å². The summed E-state index contributed by atoms with van der Waals surface area (Å²) in [4.78, 5) is 18.7. The van der Waals surface area contributed by atoms with Crippen LogP contribution < -0.4 is 10.9 Å². The number of H-pyrrole nitrogens is 1. The summed E-state index contributed by atoms with van der Waals surface area (Å²) < 4.78 is 5.17. The minimum absolute atomic E-state index is 0.129. The van der Waals surface area contributed by atoms with Crippen LogP contribution >= 0.6 is 0 Å². The van der Waals surface area contributed by atoms with E-state index in [1.807, 2.05) is 13.8 Å². The molecule has 0 aliphatic rings. The number of nitrogens with one attached hydrogen (secondary N) is 2. The Labute approximate surface area is 108 Å². The number of hydrogen-bond donors (Lipinski definition) is 2. The monoisotopic (exact) mass is 253 g/mol. The maximum Gasteiger partial charge on any atom is 0.252 e.